The number of ether oxygens (including phenoxy) is 2. The van der Waals surface area contributed by atoms with Gasteiger partial charge in [-0.25, -0.2) is 0 Å². The van der Waals surface area contributed by atoms with Gasteiger partial charge >= 0.3 is 0 Å². The lowest BCUT2D eigenvalue weighted by atomic mass is 9.82. The Morgan fingerprint density at radius 2 is 1.17 bits per heavy atom. The highest BCUT2D eigenvalue weighted by molar-refractivity contribution is 6.12. The number of hydrogen-bond donors (Lipinski definition) is 0. The van der Waals surface area contributed by atoms with Gasteiger partial charge in [-0.1, -0.05) is 111 Å². The first kappa shape index (κ1) is 29.9. The van der Waals surface area contributed by atoms with Gasteiger partial charge in [0, 0.05) is 38.6 Å². The van der Waals surface area contributed by atoms with Gasteiger partial charge in [-0.15, -0.1) is 0 Å². The second-order valence-electron chi connectivity index (χ2n) is 14.5. The third-order valence-electron chi connectivity index (χ3n) is 11.2. The molecule has 1 aromatic heterocycles. The minimum Gasteiger partial charge on any atom is -0.449 e. The first-order chi connectivity index (χ1) is 26.0. The van der Waals surface area contributed by atoms with Crippen molar-refractivity contribution in [2.24, 2.45) is 0 Å². The van der Waals surface area contributed by atoms with Crippen LogP contribution in [0.2, 0.25) is 0 Å². The normalized spacial score (nSPS) is 13.5. The average molecular weight is 683 g/mol. The van der Waals surface area contributed by atoms with Crippen LogP contribution in [-0.2, 0) is 5.41 Å². The summed E-state index contributed by atoms with van der Waals surface area (Å²) in [4.78, 5) is 2.40. The van der Waals surface area contributed by atoms with Gasteiger partial charge < -0.3 is 18.9 Å². The summed E-state index contributed by atoms with van der Waals surface area (Å²) in [5.41, 5.74) is 11.6. The van der Waals surface area contributed by atoms with Crippen molar-refractivity contribution in [3.05, 3.63) is 181 Å². The van der Waals surface area contributed by atoms with E-state index >= 15 is 0 Å². The Labute approximate surface area is 307 Å². The smallest absolute Gasteiger partial charge is 0.194 e. The van der Waals surface area contributed by atoms with Crippen LogP contribution in [-0.4, -0.2) is 4.57 Å². The lowest BCUT2D eigenvalue weighted by Gasteiger charge is -2.29. The van der Waals surface area contributed by atoms with Crippen molar-refractivity contribution in [3.8, 4) is 39.8 Å². The van der Waals surface area contributed by atoms with Crippen LogP contribution in [0.5, 0.6) is 23.0 Å². The summed E-state index contributed by atoms with van der Waals surface area (Å²) in [5, 5.41) is 4.75. The largest absolute Gasteiger partial charge is 0.449 e. The van der Waals surface area contributed by atoms with Gasteiger partial charge in [-0.05, 0) is 100 Å². The molecule has 0 fully saturated rings. The number of hydrogen-bond acceptors (Lipinski definition) is 3. The standard InChI is InChI=1S/C49H34N2O2/c1-49(2)40-29-33(50(32-15-4-3-5-16-32)42-20-12-14-31-13-6-7-17-35(31)42)23-25-36(40)37-26-24-34(30-41(37)49)51-43-19-9-8-18-38(43)39-27-28-46-48(47(39)51)53-45-22-11-10-21-44(45)52-46/h3-30H,1-2H3. The zero-order chi connectivity index (χ0) is 35.3. The van der Waals surface area contributed by atoms with Crippen LogP contribution in [0.4, 0.5) is 17.1 Å². The summed E-state index contributed by atoms with van der Waals surface area (Å²) in [6, 6.07) is 60.5. The van der Waals surface area contributed by atoms with Crippen molar-refractivity contribution in [1.29, 1.82) is 0 Å². The van der Waals surface area contributed by atoms with E-state index in [2.05, 4.69) is 163 Å². The van der Waals surface area contributed by atoms with Crippen LogP contribution in [0, 0.1) is 0 Å². The van der Waals surface area contributed by atoms with E-state index < -0.39 is 0 Å². The van der Waals surface area contributed by atoms with E-state index in [1.807, 2.05) is 30.3 Å². The molecule has 0 bridgehead atoms. The predicted molar refractivity (Wildman–Crippen MR) is 217 cm³/mol. The van der Waals surface area contributed by atoms with Crippen LogP contribution >= 0.6 is 0 Å². The van der Waals surface area contributed by atoms with Crippen molar-refractivity contribution in [2.45, 2.75) is 19.3 Å². The van der Waals surface area contributed by atoms with Gasteiger partial charge in [0.15, 0.2) is 23.0 Å². The lowest BCUT2D eigenvalue weighted by molar-refractivity contribution is 0.362. The molecule has 2 heterocycles. The fraction of sp³-hybridized carbons (Fsp3) is 0.0612. The number of anilines is 3. The number of nitrogens with zero attached hydrogens (tertiary/aromatic N) is 2. The van der Waals surface area contributed by atoms with Crippen LogP contribution in [0.1, 0.15) is 25.0 Å². The van der Waals surface area contributed by atoms with Gasteiger partial charge in [-0.3, -0.25) is 0 Å². The lowest BCUT2D eigenvalue weighted by Crippen LogP contribution is -2.17. The topological polar surface area (TPSA) is 26.6 Å². The van der Waals surface area contributed by atoms with Gasteiger partial charge in [0.05, 0.1) is 11.2 Å². The molecule has 2 aliphatic rings. The Morgan fingerprint density at radius 1 is 0.491 bits per heavy atom. The predicted octanol–water partition coefficient (Wildman–Crippen LogP) is 13.6. The van der Waals surface area contributed by atoms with Gasteiger partial charge in [0.25, 0.3) is 0 Å². The van der Waals surface area contributed by atoms with Crippen molar-refractivity contribution in [3.63, 3.8) is 0 Å². The first-order valence-electron chi connectivity index (χ1n) is 18.2. The van der Waals surface area contributed by atoms with Gasteiger partial charge in [-0.2, -0.15) is 0 Å². The second-order valence-corrected chi connectivity index (χ2v) is 14.5. The van der Waals surface area contributed by atoms with E-state index in [4.69, 9.17) is 9.47 Å². The van der Waals surface area contributed by atoms with Crippen LogP contribution in [0.25, 0.3) is 49.4 Å². The maximum absolute atomic E-state index is 6.65. The van der Waals surface area contributed by atoms with Crippen LogP contribution < -0.4 is 14.4 Å². The van der Waals surface area contributed by atoms with Crippen LogP contribution in [0.15, 0.2) is 170 Å². The Hall–Kier alpha value is -6.78. The van der Waals surface area contributed by atoms with E-state index in [1.54, 1.807) is 0 Å². The van der Waals surface area contributed by atoms with Gasteiger partial charge in [0.2, 0.25) is 0 Å². The van der Waals surface area contributed by atoms with Crippen molar-refractivity contribution in [1.82, 2.24) is 4.57 Å². The fourth-order valence-electron chi connectivity index (χ4n) is 8.70. The zero-order valence-electron chi connectivity index (χ0n) is 29.4. The monoisotopic (exact) mass is 682 g/mol. The quantitative estimate of drug-likeness (QED) is 0.185. The molecule has 0 saturated heterocycles. The Morgan fingerprint density at radius 3 is 2.02 bits per heavy atom. The van der Waals surface area contributed by atoms with E-state index in [-0.39, 0.29) is 5.41 Å². The minimum atomic E-state index is -0.255. The molecule has 0 amide bonds. The molecule has 4 nitrogen and oxygen atoms in total. The second kappa shape index (κ2) is 11.1. The summed E-state index contributed by atoms with van der Waals surface area (Å²) in [6.07, 6.45) is 0. The van der Waals surface area contributed by atoms with E-state index in [9.17, 15) is 0 Å². The number of para-hydroxylation sites is 4. The highest BCUT2D eigenvalue weighted by atomic mass is 16.6. The molecule has 53 heavy (non-hydrogen) atoms. The molecule has 8 aromatic carbocycles. The fourth-order valence-corrected chi connectivity index (χ4v) is 8.70. The van der Waals surface area contributed by atoms with E-state index in [0.717, 1.165) is 62.2 Å². The molecule has 252 valence electrons. The zero-order valence-corrected chi connectivity index (χ0v) is 29.4. The maximum Gasteiger partial charge on any atom is 0.194 e. The Kier molecular flexibility index (Phi) is 6.27. The molecule has 9 aromatic rings. The molecule has 1 aliphatic heterocycles. The van der Waals surface area contributed by atoms with E-state index in [0.29, 0.717) is 0 Å². The number of rotatable bonds is 4. The van der Waals surface area contributed by atoms with Crippen molar-refractivity contribution in [2.75, 3.05) is 4.90 Å². The molecule has 0 radical (unpaired) electrons. The summed E-state index contributed by atoms with van der Waals surface area (Å²) in [5.74, 6) is 2.90. The summed E-state index contributed by atoms with van der Waals surface area (Å²) < 4.78 is 15.4. The highest BCUT2D eigenvalue weighted by Crippen LogP contribution is 2.54. The summed E-state index contributed by atoms with van der Waals surface area (Å²) in [6.45, 7) is 4.72. The molecule has 0 spiro atoms. The van der Waals surface area contributed by atoms with E-state index in [1.165, 1.54) is 38.4 Å². The molecule has 11 rings (SSSR count). The van der Waals surface area contributed by atoms with Crippen molar-refractivity contribution >= 4 is 49.6 Å². The average Bonchev–Trinajstić information content (AvgIpc) is 3.66. The first-order valence-corrected chi connectivity index (χ1v) is 18.2. The summed E-state index contributed by atoms with van der Waals surface area (Å²) >= 11 is 0. The SMILES string of the molecule is CC1(C)c2cc(N(c3ccccc3)c3cccc4ccccc34)ccc2-c2ccc(-n3c4ccccc4c4ccc5c(c43)Oc3ccccc3O5)cc21. The molecular weight excluding hydrogens is 649 g/mol. The number of benzene rings is 8. The van der Waals surface area contributed by atoms with Gasteiger partial charge in [0.1, 0.15) is 5.52 Å². The molecule has 4 heteroatoms. The molecular formula is C49H34N2O2. The number of aromatic nitrogens is 1. The molecule has 0 N–H and O–H groups in total. The Balaban J connectivity index is 1.08. The highest BCUT2D eigenvalue weighted by Gasteiger charge is 2.37. The molecule has 0 atom stereocenters. The molecule has 0 unspecified atom stereocenters. The summed E-state index contributed by atoms with van der Waals surface area (Å²) in [7, 11) is 0. The molecule has 1 aliphatic carbocycles. The third-order valence-corrected chi connectivity index (χ3v) is 11.2. The minimum absolute atomic E-state index is 0.255. The Bertz CT molecular complexity index is 2930. The third kappa shape index (κ3) is 4.36. The number of fused-ring (bicyclic) bond motifs is 10. The maximum atomic E-state index is 6.65. The molecule has 0 saturated carbocycles. The van der Waals surface area contributed by atoms with Crippen LogP contribution in [0.3, 0.4) is 0 Å². The van der Waals surface area contributed by atoms with Crippen molar-refractivity contribution < 1.29 is 9.47 Å².